The van der Waals surface area contributed by atoms with Gasteiger partial charge in [0.1, 0.15) is 6.10 Å². The van der Waals surface area contributed by atoms with E-state index in [0.717, 1.165) is 38.5 Å². The van der Waals surface area contributed by atoms with Crippen LogP contribution in [0.25, 0.3) is 0 Å². The van der Waals surface area contributed by atoms with E-state index < -0.39 is 0 Å². The molecule has 0 radical (unpaired) electrons. The molecule has 1 aromatic carbocycles. The van der Waals surface area contributed by atoms with Gasteiger partial charge in [-0.15, -0.1) is 0 Å². The molecule has 0 aliphatic heterocycles. The van der Waals surface area contributed by atoms with Crippen LogP contribution in [0.3, 0.4) is 0 Å². The van der Waals surface area contributed by atoms with E-state index in [1.54, 1.807) is 24.3 Å². The summed E-state index contributed by atoms with van der Waals surface area (Å²) in [4.78, 5) is 24.7. The third-order valence-electron chi connectivity index (χ3n) is 5.06. The van der Waals surface area contributed by atoms with Crippen molar-refractivity contribution in [2.75, 3.05) is 6.61 Å². The summed E-state index contributed by atoms with van der Waals surface area (Å²) in [5.74, 6) is -0.740. The molecule has 4 nitrogen and oxygen atoms in total. The Kier molecular flexibility index (Phi) is 13.9. The van der Waals surface area contributed by atoms with Gasteiger partial charge in [0, 0.05) is 0 Å². The molecule has 4 heteroatoms. The van der Waals surface area contributed by atoms with Crippen molar-refractivity contribution in [1.29, 1.82) is 0 Å². The minimum atomic E-state index is -0.374. The van der Waals surface area contributed by atoms with E-state index in [2.05, 4.69) is 20.8 Å². The molecule has 0 saturated heterocycles. The quantitative estimate of drug-likeness (QED) is 0.218. The first kappa shape index (κ1) is 25.2. The van der Waals surface area contributed by atoms with Crippen molar-refractivity contribution >= 4 is 11.9 Å². The lowest BCUT2D eigenvalue weighted by molar-refractivity contribution is 0.0258. The number of benzene rings is 1. The SMILES string of the molecule is CCCCCCCCCCOC(=O)c1cccc(C(=O)OC(CCC)CCC)c1. The van der Waals surface area contributed by atoms with Gasteiger partial charge >= 0.3 is 11.9 Å². The highest BCUT2D eigenvalue weighted by Crippen LogP contribution is 2.15. The zero-order valence-electron chi connectivity index (χ0n) is 18.7. The minimum absolute atomic E-state index is 0.0601. The van der Waals surface area contributed by atoms with Crippen LogP contribution in [0.5, 0.6) is 0 Å². The number of hydrogen-bond acceptors (Lipinski definition) is 4. The Labute approximate surface area is 177 Å². The van der Waals surface area contributed by atoms with E-state index in [-0.39, 0.29) is 18.0 Å². The normalized spacial score (nSPS) is 10.9. The van der Waals surface area contributed by atoms with Crippen LogP contribution in [0.4, 0.5) is 0 Å². The topological polar surface area (TPSA) is 52.6 Å². The molecule has 29 heavy (non-hydrogen) atoms. The standard InChI is InChI=1S/C25H40O4/c1-4-7-8-9-10-11-12-13-19-28-24(26)21-17-14-18-22(20-21)25(27)29-23(15-5-2)16-6-3/h14,17-18,20,23H,4-13,15-16,19H2,1-3H3. The first-order valence-electron chi connectivity index (χ1n) is 11.6. The molecule has 0 unspecified atom stereocenters. The summed E-state index contributed by atoms with van der Waals surface area (Å²) in [6.45, 7) is 6.82. The minimum Gasteiger partial charge on any atom is -0.462 e. The first-order chi connectivity index (χ1) is 14.1. The third-order valence-corrected chi connectivity index (χ3v) is 5.06. The van der Waals surface area contributed by atoms with Crippen LogP contribution in [0.15, 0.2) is 24.3 Å². The molecule has 0 aromatic heterocycles. The maximum absolute atomic E-state index is 12.4. The van der Waals surface area contributed by atoms with Crippen molar-refractivity contribution in [2.45, 2.75) is 104 Å². The van der Waals surface area contributed by atoms with E-state index in [4.69, 9.17) is 9.47 Å². The van der Waals surface area contributed by atoms with E-state index in [1.165, 1.54) is 38.5 Å². The number of rotatable bonds is 16. The second-order valence-corrected chi connectivity index (χ2v) is 7.80. The fraction of sp³-hybridized carbons (Fsp3) is 0.680. The summed E-state index contributed by atoms with van der Waals surface area (Å²) in [6.07, 6.45) is 13.2. The van der Waals surface area contributed by atoms with Crippen LogP contribution in [-0.2, 0) is 9.47 Å². The van der Waals surface area contributed by atoms with E-state index in [9.17, 15) is 9.59 Å². The molecule has 0 N–H and O–H groups in total. The zero-order chi connectivity index (χ0) is 21.3. The van der Waals surface area contributed by atoms with Gasteiger partial charge in [-0.25, -0.2) is 9.59 Å². The summed E-state index contributed by atoms with van der Waals surface area (Å²) < 4.78 is 11.0. The second kappa shape index (κ2) is 16.0. The fourth-order valence-electron chi connectivity index (χ4n) is 3.38. The number of hydrogen-bond donors (Lipinski definition) is 0. The number of ether oxygens (including phenoxy) is 2. The van der Waals surface area contributed by atoms with Crippen LogP contribution in [0.1, 0.15) is 119 Å². The summed E-state index contributed by atoms with van der Waals surface area (Å²) in [5, 5.41) is 0. The van der Waals surface area contributed by atoms with Crippen LogP contribution in [0.2, 0.25) is 0 Å². The fourth-order valence-corrected chi connectivity index (χ4v) is 3.38. The molecule has 0 bridgehead atoms. The van der Waals surface area contributed by atoms with Gasteiger partial charge in [0.2, 0.25) is 0 Å². The van der Waals surface area contributed by atoms with E-state index in [0.29, 0.717) is 17.7 Å². The molecule has 1 aromatic rings. The summed E-state index contributed by atoms with van der Waals surface area (Å²) in [6, 6.07) is 6.65. The van der Waals surface area contributed by atoms with Gasteiger partial charge < -0.3 is 9.47 Å². The molecule has 0 aliphatic rings. The van der Waals surface area contributed by atoms with E-state index >= 15 is 0 Å². The molecule has 0 heterocycles. The zero-order valence-corrected chi connectivity index (χ0v) is 18.7. The largest absolute Gasteiger partial charge is 0.462 e. The highest BCUT2D eigenvalue weighted by atomic mass is 16.5. The number of carbonyl (C=O) groups excluding carboxylic acids is 2. The van der Waals surface area contributed by atoms with Crippen molar-refractivity contribution in [3.63, 3.8) is 0 Å². The number of carbonyl (C=O) groups is 2. The van der Waals surface area contributed by atoms with Gasteiger partial charge in [0.25, 0.3) is 0 Å². The molecule has 0 aliphatic carbocycles. The van der Waals surface area contributed by atoms with Crippen molar-refractivity contribution in [3.8, 4) is 0 Å². The predicted molar refractivity (Wildman–Crippen MR) is 118 cm³/mol. The number of unbranched alkanes of at least 4 members (excludes halogenated alkanes) is 7. The third kappa shape index (κ3) is 11.1. The van der Waals surface area contributed by atoms with Gasteiger partial charge in [-0.05, 0) is 37.5 Å². The van der Waals surface area contributed by atoms with Gasteiger partial charge in [-0.2, -0.15) is 0 Å². The summed E-state index contributed by atoms with van der Waals surface area (Å²) in [7, 11) is 0. The highest BCUT2D eigenvalue weighted by Gasteiger charge is 2.16. The van der Waals surface area contributed by atoms with Crippen LogP contribution in [-0.4, -0.2) is 24.6 Å². The first-order valence-corrected chi connectivity index (χ1v) is 11.6. The maximum atomic E-state index is 12.4. The van der Waals surface area contributed by atoms with E-state index in [1.807, 2.05) is 0 Å². The average molecular weight is 405 g/mol. The van der Waals surface area contributed by atoms with Crippen LogP contribution < -0.4 is 0 Å². The molecule has 1 rings (SSSR count). The molecule has 0 amide bonds. The molecule has 0 spiro atoms. The van der Waals surface area contributed by atoms with Gasteiger partial charge in [0.15, 0.2) is 0 Å². The lowest BCUT2D eigenvalue weighted by Gasteiger charge is -2.16. The summed E-state index contributed by atoms with van der Waals surface area (Å²) in [5.41, 5.74) is 0.810. The Hall–Kier alpha value is -1.84. The molecular formula is C25H40O4. The Bertz CT molecular complexity index is 576. The Morgan fingerprint density at radius 3 is 1.90 bits per heavy atom. The van der Waals surface area contributed by atoms with Gasteiger partial charge in [0.05, 0.1) is 17.7 Å². The van der Waals surface area contributed by atoms with Crippen molar-refractivity contribution in [3.05, 3.63) is 35.4 Å². The molecular weight excluding hydrogens is 364 g/mol. The van der Waals surface area contributed by atoms with Crippen molar-refractivity contribution in [2.24, 2.45) is 0 Å². The monoisotopic (exact) mass is 404 g/mol. The average Bonchev–Trinajstić information content (AvgIpc) is 2.73. The Balaban J connectivity index is 2.38. The molecule has 164 valence electrons. The Morgan fingerprint density at radius 2 is 1.31 bits per heavy atom. The predicted octanol–water partition coefficient (Wildman–Crippen LogP) is 7.11. The molecule has 0 saturated carbocycles. The van der Waals surface area contributed by atoms with Crippen molar-refractivity contribution in [1.82, 2.24) is 0 Å². The van der Waals surface area contributed by atoms with Gasteiger partial charge in [-0.3, -0.25) is 0 Å². The molecule has 0 atom stereocenters. The Morgan fingerprint density at radius 1 is 0.759 bits per heavy atom. The summed E-state index contributed by atoms with van der Waals surface area (Å²) >= 11 is 0. The van der Waals surface area contributed by atoms with Crippen LogP contribution in [0, 0.1) is 0 Å². The lowest BCUT2D eigenvalue weighted by Crippen LogP contribution is -2.18. The highest BCUT2D eigenvalue weighted by molar-refractivity contribution is 5.95. The maximum Gasteiger partial charge on any atom is 0.338 e. The molecule has 0 fully saturated rings. The van der Waals surface area contributed by atoms with Gasteiger partial charge in [-0.1, -0.05) is 84.6 Å². The smallest absolute Gasteiger partial charge is 0.338 e. The van der Waals surface area contributed by atoms with Crippen molar-refractivity contribution < 1.29 is 19.1 Å². The van der Waals surface area contributed by atoms with Crippen LogP contribution >= 0.6 is 0 Å². The second-order valence-electron chi connectivity index (χ2n) is 7.80. The lowest BCUT2D eigenvalue weighted by atomic mass is 10.1. The number of esters is 2.